The van der Waals surface area contributed by atoms with Crippen LogP contribution in [0, 0.1) is 5.92 Å². The summed E-state index contributed by atoms with van der Waals surface area (Å²) in [5.74, 6) is 1.60. The first-order valence-electron chi connectivity index (χ1n) is 5.50. The van der Waals surface area contributed by atoms with E-state index in [0.29, 0.717) is 12.0 Å². The van der Waals surface area contributed by atoms with Gasteiger partial charge in [0.25, 0.3) is 0 Å². The molecule has 0 saturated heterocycles. The fourth-order valence-corrected chi connectivity index (χ4v) is 1.42. The van der Waals surface area contributed by atoms with E-state index in [2.05, 4.69) is 38.2 Å². The van der Waals surface area contributed by atoms with E-state index in [1.807, 2.05) is 12.1 Å². The third-order valence-corrected chi connectivity index (χ3v) is 2.45. The van der Waals surface area contributed by atoms with Gasteiger partial charge in [-0.05, 0) is 37.1 Å². The molecule has 0 bridgehead atoms. The summed E-state index contributed by atoms with van der Waals surface area (Å²) in [5, 5.41) is 3.49. The molecular weight excluding hydrogens is 186 g/mol. The first-order valence-corrected chi connectivity index (χ1v) is 5.50. The van der Waals surface area contributed by atoms with Crippen molar-refractivity contribution >= 4 is 0 Å². The second-order valence-electron chi connectivity index (χ2n) is 4.30. The number of rotatable bonds is 5. The number of hydrogen-bond acceptors (Lipinski definition) is 2. The van der Waals surface area contributed by atoms with Gasteiger partial charge in [0, 0.05) is 6.04 Å². The molecule has 0 fully saturated rings. The highest BCUT2D eigenvalue weighted by Gasteiger charge is 2.05. The fourth-order valence-electron chi connectivity index (χ4n) is 1.42. The Kier molecular flexibility index (Phi) is 4.63. The van der Waals surface area contributed by atoms with Crippen molar-refractivity contribution in [1.29, 1.82) is 0 Å². The van der Waals surface area contributed by atoms with Gasteiger partial charge in [-0.15, -0.1) is 0 Å². The van der Waals surface area contributed by atoms with Crippen LogP contribution < -0.4 is 10.1 Å². The monoisotopic (exact) mass is 207 g/mol. The van der Waals surface area contributed by atoms with Crippen LogP contribution in [0.25, 0.3) is 0 Å². The summed E-state index contributed by atoms with van der Waals surface area (Å²) in [6.45, 7) is 7.67. The molecule has 84 valence electrons. The maximum atomic E-state index is 5.13. The standard InChI is InChI=1S/C13H21NO/c1-10(2)9-14-11(3)12-5-7-13(15-4)8-6-12/h5-8,10-11,14H,9H2,1-4H3. The Morgan fingerprint density at radius 3 is 2.20 bits per heavy atom. The van der Waals surface area contributed by atoms with E-state index in [1.54, 1.807) is 7.11 Å². The summed E-state index contributed by atoms with van der Waals surface area (Å²) in [4.78, 5) is 0. The summed E-state index contributed by atoms with van der Waals surface area (Å²) in [7, 11) is 1.69. The van der Waals surface area contributed by atoms with Crippen LogP contribution in [0.15, 0.2) is 24.3 Å². The Hall–Kier alpha value is -1.02. The van der Waals surface area contributed by atoms with Gasteiger partial charge >= 0.3 is 0 Å². The van der Waals surface area contributed by atoms with E-state index < -0.39 is 0 Å². The van der Waals surface area contributed by atoms with E-state index >= 15 is 0 Å². The molecule has 1 unspecified atom stereocenters. The number of hydrogen-bond donors (Lipinski definition) is 1. The first kappa shape index (κ1) is 12.1. The van der Waals surface area contributed by atoms with Crippen LogP contribution >= 0.6 is 0 Å². The van der Waals surface area contributed by atoms with Gasteiger partial charge < -0.3 is 10.1 Å². The molecule has 0 amide bonds. The van der Waals surface area contributed by atoms with Crippen LogP contribution in [-0.2, 0) is 0 Å². The number of nitrogens with one attached hydrogen (secondary N) is 1. The van der Waals surface area contributed by atoms with Crippen LogP contribution in [0.2, 0.25) is 0 Å². The lowest BCUT2D eigenvalue weighted by Gasteiger charge is -2.16. The van der Waals surface area contributed by atoms with Crippen molar-refractivity contribution in [3.05, 3.63) is 29.8 Å². The van der Waals surface area contributed by atoms with Gasteiger partial charge in [-0.1, -0.05) is 26.0 Å². The smallest absolute Gasteiger partial charge is 0.118 e. The topological polar surface area (TPSA) is 21.3 Å². The van der Waals surface area contributed by atoms with E-state index in [4.69, 9.17) is 4.74 Å². The molecule has 0 spiro atoms. The minimum absolute atomic E-state index is 0.401. The SMILES string of the molecule is COc1ccc(C(C)NCC(C)C)cc1. The van der Waals surface area contributed by atoms with Gasteiger partial charge in [0.1, 0.15) is 5.75 Å². The van der Waals surface area contributed by atoms with E-state index in [0.717, 1.165) is 12.3 Å². The average molecular weight is 207 g/mol. The predicted molar refractivity (Wildman–Crippen MR) is 64.2 cm³/mol. The third kappa shape index (κ3) is 3.92. The normalized spacial score (nSPS) is 12.9. The minimum atomic E-state index is 0.401. The molecule has 2 nitrogen and oxygen atoms in total. The molecule has 15 heavy (non-hydrogen) atoms. The summed E-state index contributed by atoms with van der Waals surface area (Å²) in [6, 6.07) is 8.62. The van der Waals surface area contributed by atoms with Crippen LogP contribution in [0.4, 0.5) is 0 Å². The molecule has 0 aliphatic carbocycles. The molecule has 1 rings (SSSR count). The van der Waals surface area contributed by atoms with Gasteiger partial charge in [-0.3, -0.25) is 0 Å². The van der Waals surface area contributed by atoms with Crippen molar-refractivity contribution in [3.8, 4) is 5.75 Å². The second-order valence-corrected chi connectivity index (χ2v) is 4.30. The summed E-state index contributed by atoms with van der Waals surface area (Å²) in [5.41, 5.74) is 1.30. The summed E-state index contributed by atoms with van der Waals surface area (Å²) >= 11 is 0. The fraction of sp³-hybridized carbons (Fsp3) is 0.538. The molecule has 1 N–H and O–H groups in total. The minimum Gasteiger partial charge on any atom is -0.497 e. The lowest BCUT2D eigenvalue weighted by atomic mass is 10.1. The Morgan fingerprint density at radius 2 is 1.73 bits per heavy atom. The van der Waals surface area contributed by atoms with Gasteiger partial charge in [0.2, 0.25) is 0 Å². The third-order valence-electron chi connectivity index (χ3n) is 2.45. The highest BCUT2D eigenvalue weighted by atomic mass is 16.5. The van der Waals surface area contributed by atoms with Gasteiger partial charge in [-0.25, -0.2) is 0 Å². The average Bonchev–Trinajstić information content (AvgIpc) is 2.26. The molecule has 0 saturated carbocycles. The quantitative estimate of drug-likeness (QED) is 0.801. The Morgan fingerprint density at radius 1 is 1.13 bits per heavy atom. The van der Waals surface area contributed by atoms with Crippen molar-refractivity contribution in [2.75, 3.05) is 13.7 Å². The van der Waals surface area contributed by atoms with Gasteiger partial charge in [-0.2, -0.15) is 0 Å². The maximum absolute atomic E-state index is 5.13. The molecular formula is C13H21NO. The number of methoxy groups -OCH3 is 1. The lowest BCUT2D eigenvalue weighted by Crippen LogP contribution is -2.23. The van der Waals surface area contributed by atoms with Crippen LogP contribution in [0.1, 0.15) is 32.4 Å². The van der Waals surface area contributed by atoms with Gasteiger partial charge in [0.05, 0.1) is 7.11 Å². The van der Waals surface area contributed by atoms with Crippen molar-refractivity contribution < 1.29 is 4.74 Å². The van der Waals surface area contributed by atoms with E-state index in [9.17, 15) is 0 Å². The van der Waals surface area contributed by atoms with Crippen molar-refractivity contribution in [3.63, 3.8) is 0 Å². The molecule has 0 radical (unpaired) electrons. The van der Waals surface area contributed by atoms with Crippen molar-refractivity contribution in [2.24, 2.45) is 5.92 Å². The molecule has 0 heterocycles. The summed E-state index contributed by atoms with van der Waals surface area (Å²) < 4.78 is 5.13. The van der Waals surface area contributed by atoms with Crippen LogP contribution in [0.5, 0.6) is 5.75 Å². The molecule has 0 aromatic heterocycles. The zero-order chi connectivity index (χ0) is 11.3. The first-order chi connectivity index (χ1) is 7.13. The molecule has 0 aliphatic heterocycles. The van der Waals surface area contributed by atoms with Gasteiger partial charge in [0.15, 0.2) is 0 Å². The predicted octanol–water partition coefficient (Wildman–Crippen LogP) is 3.00. The summed E-state index contributed by atoms with van der Waals surface area (Å²) in [6.07, 6.45) is 0. The zero-order valence-electron chi connectivity index (χ0n) is 10.1. The maximum Gasteiger partial charge on any atom is 0.118 e. The molecule has 1 aromatic carbocycles. The number of ether oxygens (including phenoxy) is 1. The van der Waals surface area contributed by atoms with Crippen molar-refractivity contribution in [1.82, 2.24) is 5.32 Å². The van der Waals surface area contributed by atoms with Crippen LogP contribution in [0.3, 0.4) is 0 Å². The van der Waals surface area contributed by atoms with Crippen LogP contribution in [-0.4, -0.2) is 13.7 Å². The van der Waals surface area contributed by atoms with Crippen molar-refractivity contribution in [2.45, 2.75) is 26.8 Å². The molecule has 1 aromatic rings. The largest absolute Gasteiger partial charge is 0.497 e. The zero-order valence-corrected chi connectivity index (χ0v) is 10.1. The second kappa shape index (κ2) is 5.76. The highest BCUT2D eigenvalue weighted by molar-refractivity contribution is 5.28. The molecule has 1 atom stereocenters. The molecule has 0 aliphatic rings. The van der Waals surface area contributed by atoms with E-state index in [1.165, 1.54) is 5.56 Å². The number of benzene rings is 1. The van der Waals surface area contributed by atoms with E-state index in [-0.39, 0.29) is 0 Å². The Labute approximate surface area is 92.6 Å². The molecule has 2 heteroatoms. The lowest BCUT2D eigenvalue weighted by molar-refractivity contribution is 0.414. The Bertz CT molecular complexity index is 279. The Balaban J connectivity index is 2.54. The highest BCUT2D eigenvalue weighted by Crippen LogP contribution is 2.17.